The molecule has 0 saturated carbocycles. The summed E-state index contributed by atoms with van der Waals surface area (Å²) in [6, 6.07) is 0. The van der Waals surface area contributed by atoms with E-state index in [-0.39, 0.29) is 11.3 Å². The van der Waals surface area contributed by atoms with Crippen molar-refractivity contribution in [3.63, 3.8) is 0 Å². The Labute approximate surface area is 108 Å². The van der Waals surface area contributed by atoms with Gasteiger partial charge in [-0.2, -0.15) is 0 Å². The molecule has 1 fully saturated rings. The predicted molar refractivity (Wildman–Crippen MR) is 74.2 cm³/mol. The van der Waals surface area contributed by atoms with Gasteiger partial charge >= 0.3 is 0 Å². The van der Waals surface area contributed by atoms with Crippen LogP contribution in [-0.4, -0.2) is 17.9 Å². The number of unbranched alkanes of at least 4 members (excludes halogenated alkanes) is 6. The Bertz CT molecular complexity index is 215. The third-order valence-corrected chi connectivity index (χ3v) is 3.61. The van der Waals surface area contributed by atoms with Crippen LogP contribution in [-0.2, 0) is 4.74 Å². The molecule has 1 atom stereocenters. The molecule has 0 aromatic carbocycles. The maximum atomic E-state index is 5.89. The highest BCUT2D eigenvalue weighted by Crippen LogP contribution is 2.27. The molecule has 0 radical (unpaired) electrons. The van der Waals surface area contributed by atoms with Crippen LogP contribution in [0.15, 0.2) is 0 Å². The molecule has 0 aliphatic carbocycles. The zero-order valence-corrected chi connectivity index (χ0v) is 12.3. The van der Waals surface area contributed by atoms with Gasteiger partial charge in [0.25, 0.3) is 0 Å². The molecule has 1 aliphatic heterocycles. The normalized spacial score (nSPS) is 27.5. The van der Waals surface area contributed by atoms with E-state index in [4.69, 9.17) is 4.74 Å². The van der Waals surface area contributed by atoms with Crippen molar-refractivity contribution in [2.24, 2.45) is 0 Å². The molecule has 17 heavy (non-hydrogen) atoms. The van der Waals surface area contributed by atoms with Gasteiger partial charge in [-0.05, 0) is 33.6 Å². The van der Waals surface area contributed by atoms with Crippen LogP contribution in [0.25, 0.3) is 0 Å². The molecular weight excluding hydrogens is 210 g/mol. The van der Waals surface area contributed by atoms with Crippen molar-refractivity contribution in [3.05, 3.63) is 0 Å². The lowest BCUT2D eigenvalue weighted by molar-refractivity contribution is -0.00273. The van der Waals surface area contributed by atoms with Crippen LogP contribution in [0.4, 0.5) is 0 Å². The fraction of sp³-hybridized carbons (Fsp3) is 1.00. The standard InChI is InChI=1S/C15H31NO/c1-5-6-7-8-9-10-11-12-15(4)16-14(2,3)13-17-15/h16H,5-13H2,1-4H3. The molecule has 2 nitrogen and oxygen atoms in total. The van der Waals surface area contributed by atoms with Gasteiger partial charge in [0.2, 0.25) is 0 Å². The first-order chi connectivity index (χ1) is 7.97. The van der Waals surface area contributed by atoms with Crippen LogP contribution < -0.4 is 5.32 Å². The first-order valence-electron chi connectivity index (χ1n) is 7.41. The van der Waals surface area contributed by atoms with Crippen molar-refractivity contribution < 1.29 is 4.74 Å². The maximum Gasteiger partial charge on any atom is 0.116 e. The summed E-state index contributed by atoms with van der Waals surface area (Å²) < 4.78 is 5.89. The molecule has 1 saturated heterocycles. The van der Waals surface area contributed by atoms with Crippen LogP contribution in [0.5, 0.6) is 0 Å². The zero-order chi connectivity index (χ0) is 12.8. The first kappa shape index (κ1) is 15.0. The Morgan fingerprint density at radius 3 is 2.06 bits per heavy atom. The molecule has 1 aliphatic rings. The second-order valence-electron chi connectivity index (χ2n) is 6.40. The van der Waals surface area contributed by atoms with Gasteiger partial charge in [-0.15, -0.1) is 0 Å². The van der Waals surface area contributed by atoms with Gasteiger partial charge in [-0.25, -0.2) is 0 Å². The highest BCUT2D eigenvalue weighted by Gasteiger charge is 2.39. The molecule has 0 bridgehead atoms. The van der Waals surface area contributed by atoms with Crippen LogP contribution in [0.2, 0.25) is 0 Å². The smallest absolute Gasteiger partial charge is 0.116 e. The number of ether oxygens (including phenoxy) is 1. The summed E-state index contributed by atoms with van der Waals surface area (Å²) in [5, 5.41) is 3.60. The van der Waals surface area contributed by atoms with Gasteiger partial charge in [-0.3, -0.25) is 5.32 Å². The van der Waals surface area contributed by atoms with E-state index in [0.29, 0.717) is 0 Å². The fourth-order valence-corrected chi connectivity index (χ4v) is 2.68. The summed E-state index contributed by atoms with van der Waals surface area (Å²) in [5.41, 5.74) is 0.0722. The lowest BCUT2D eigenvalue weighted by Crippen LogP contribution is -2.46. The van der Waals surface area contributed by atoms with E-state index in [1.807, 2.05) is 0 Å². The average Bonchev–Trinajstić information content (AvgIpc) is 2.52. The Morgan fingerprint density at radius 2 is 1.53 bits per heavy atom. The Hall–Kier alpha value is -0.0800. The molecule has 2 heteroatoms. The molecule has 0 spiro atoms. The predicted octanol–water partition coefficient (Wildman–Crippen LogP) is 4.24. The van der Waals surface area contributed by atoms with Crippen molar-refractivity contribution in [2.45, 2.75) is 90.3 Å². The third kappa shape index (κ3) is 5.87. The highest BCUT2D eigenvalue weighted by atomic mass is 16.5. The van der Waals surface area contributed by atoms with E-state index >= 15 is 0 Å². The number of hydrogen-bond acceptors (Lipinski definition) is 2. The van der Waals surface area contributed by atoms with Crippen molar-refractivity contribution >= 4 is 0 Å². The number of rotatable bonds is 8. The molecule has 1 heterocycles. The van der Waals surface area contributed by atoms with Gasteiger partial charge in [0.05, 0.1) is 6.61 Å². The Morgan fingerprint density at radius 1 is 0.941 bits per heavy atom. The number of nitrogens with one attached hydrogen (secondary N) is 1. The lowest BCUT2D eigenvalue weighted by atomic mass is 10.0. The minimum atomic E-state index is -0.0765. The second-order valence-corrected chi connectivity index (χ2v) is 6.40. The van der Waals surface area contributed by atoms with Crippen LogP contribution in [0, 0.1) is 0 Å². The molecule has 1 unspecified atom stereocenters. The zero-order valence-electron chi connectivity index (χ0n) is 12.3. The summed E-state index contributed by atoms with van der Waals surface area (Å²) in [6.07, 6.45) is 10.7. The lowest BCUT2D eigenvalue weighted by Gasteiger charge is -2.26. The van der Waals surface area contributed by atoms with Crippen molar-refractivity contribution in [1.29, 1.82) is 0 Å². The summed E-state index contributed by atoms with van der Waals surface area (Å²) in [5.74, 6) is 0. The van der Waals surface area contributed by atoms with E-state index in [2.05, 4.69) is 33.0 Å². The molecule has 1 N–H and O–H groups in total. The van der Waals surface area contributed by atoms with E-state index in [0.717, 1.165) is 13.0 Å². The third-order valence-electron chi connectivity index (χ3n) is 3.61. The molecule has 0 aromatic rings. The highest BCUT2D eigenvalue weighted by molar-refractivity contribution is 4.91. The largest absolute Gasteiger partial charge is 0.359 e. The molecule has 0 amide bonds. The van der Waals surface area contributed by atoms with Crippen molar-refractivity contribution in [2.75, 3.05) is 6.61 Å². The van der Waals surface area contributed by atoms with Gasteiger partial charge in [0.15, 0.2) is 0 Å². The van der Waals surface area contributed by atoms with Gasteiger partial charge in [-0.1, -0.05) is 45.4 Å². The second kappa shape index (κ2) is 6.75. The SMILES string of the molecule is CCCCCCCCCC1(C)NC(C)(C)CO1. The summed E-state index contributed by atoms with van der Waals surface area (Å²) in [4.78, 5) is 0. The molecule has 102 valence electrons. The Kier molecular flexibility index (Phi) is 5.94. The van der Waals surface area contributed by atoms with Crippen LogP contribution in [0.1, 0.15) is 79.1 Å². The summed E-state index contributed by atoms with van der Waals surface area (Å²) >= 11 is 0. The maximum absolute atomic E-state index is 5.89. The van der Waals surface area contributed by atoms with Crippen molar-refractivity contribution in [3.8, 4) is 0 Å². The van der Waals surface area contributed by atoms with Crippen LogP contribution in [0.3, 0.4) is 0 Å². The minimum Gasteiger partial charge on any atom is -0.359 e. The first-order valence-corrected chi connectivity index (χ1v) is 7.41. The van der Waals surface area contributed by atoms with Gasteiger partial charge < -0.3 is 4.74 Å². The van der Waals surface area contributed by atoms with Gasteiger partial charge in [0.1, 0.15) is 5.72 Å². The van der Waals surface area contributed by atoms with Crippen LogP contribution >= 0.6 is 0 Å². The van der Waals surface area contributed by atoms with E-state index in [1.165, 1.54) is 44.9 Å². The van der Waals surface area contributed by atoms with E-state index in [9.17, 15) is 0 Å². The average molecular weight is 241 g/mol. The molecule has 0 aromatic heterocycles. The molecule has 1 rings (SSSR count). The fourth-order valence-electron chi connectivity index (χ4n) is 2.68. The minimum absolute atomic E-state index is 0.0765. The topological polar surface area (TPSA) is 21.3 Å². The number of hydrogen-bond donors (Lipinski definition) is 1. The van der Waals surface area contributed by atoms with E-state index < -0.39 is 0 Å². The summed E-state index contributed by atoms with van der Waals surface area (Å²) in [7, 11) is 0. The molecular formula is C15H31NO. The Balaban J connectivity index is 2.03. The quantitative estimate of drug-likeness (QED) is 0.642. The van der Waals surface area contributed by atoms with Crippen molar-refractivity contribution in [1.82, 2.24) is 5.32 Å². The monoisotopic (exact) mass is 241 g/mol. The summed E-state index contributed by atoms with van der Waals surface area (Å²) in [6.45, 7) is 9.72. The van der Waals surface area contributed by atoms with Gasteiger partial charge in [0, 0.05) is 5.54 Å². The van der Waals surface area contributed by atoms with E-state index in [1.54, 1.807) is 0 Å².